The molecular weight excluding hydrogens is 290 g/mol. The van der Waals surface area contributed by atoms with Gasteiger partial charge in [-0.1, -0.05) is 36.3 Å². The standard InChI is InChI=1S/C12H12ClNO4S/c1-2-3-4-14-11(15)17-8-6-9-10(5-7(8)13)19-12(16)18-9/h5-6H,2-4H2,1H3,(H,14,15). The van der Waals surface area contributed by atoms with Gasteiger partial charge in [0.25, 0.3) is 0 Å². The van der Waals surface area contributed by atoms with Crippen molar-refractivity contribution in [3.05, 3.63) is 26.9 Å². The minimum absolute atomic E-state index is 0.171. The second kappa shape index (κ2) is 6.08. The van der Waals surface area contributed by atoms with Crippen molar-refractivity contribution in [1.29, 1.82) is 0 Å². The van der Waals surface area contributed by atoms with Gasteiger partial charge in [-0.15, -0.1) is 0 Å². The molecular formula is C12H12ClNO4S. The Hall–Kier alpha value is -1.53. The molecule has 0 bridgehead atoms. The fraction of sp³-hybridized carbons (Fsp3) is 0.333. The third-order valence-electron chi connectivity index (χ3n) is 2.39. The van der Waals surface area contributed by atoms with Crippen LogP contribution in [0.3, 0.4) is 0 Å². The quantitative estimate of drug-likeness (QED) is 0.879. The largest absolute Gasteiger partial charge is 0.414 e. The van der Waals surface area contributed by atoms with Crippen molar-refractivity contribution in [1.82, 2.24) is 5.32 Å². The first-order valence-electron chi connectivity index (χ1n) is 5.79. The molecule has 0 unspecified atom stereocenters. The van der Waals surface area contributed by atoms with Crippen LogP contribution in [0.4, 0.5) is 4.79 Å². The number of hydrogen-bond donors (Lipinski definition) is 1. The number of benzene rings is 1. The lowest BCUT2D eigenvalue weighted by molar-refractivity contribution is 0.200. The molecule has 102 valence electrons. The van der Waals surface area contributed by atoms with Crippen LogP contribution in [-0.4, -0.2) is 12.6 Å². The first-order chi connectivity index (χ1) is 9.10. The molecule has 7 heteroatoms. The average Bonchev–Trinajstić information content (AvgIpc) is 2.69. The number of carbonyl (C=O) groups excluding carboxylic acids is 1. The molecule has 1 amide bonds. The van der Waals surface area contributed by atoms with E-state index in [0.29, 0.717) is 16.8 Å². The molecule has 5 nitrogen and oxygen atoms in total. The van der Waals surface area contributed by atoms with E-state index < -0.39 is 11.0 Å². The van der Waals surface area contributed by atoms with Crippen LogP contribution < -0.4 is 15.0 Å². The van der Waals surface area contributed by atoms with Gasteiger partial charge < -0.3 is 14.5 Å². The van der Waals surface area contributed by atoms with E-state index in [1.165, 1.54) is 6.07 Å². The Morgan fingerprint density at radius 2 is 2.32 bits per heavy atom. The molecule has 19 heavy (non-hydrogen) atoms. The SMILES string of the molecule is CCCCNC(=O)Oc1cc2oc(=O)sc2cc1Cl. The zero-order valence-electron chi connectivity index (χ0n) is 10.2. The maximum atomic E-state index is 11.5. The van der Waals surface area contributed by atoms with Gasteiger partial charge in [-0.2, -0.15) is 0 Å². The zero-order chi connectivity index (χ0) is 13.8. The van der Waals surface area contributed by atoms with Gasteiger partial charge in [-0.3, -0.25) is 0 Å². The number of nitrogens with one attached hydrogen (secondary N) is 1. The number of hydrogen-bond acceptors (Lipinski definition) is 5. The molecule has 0 radical (unpaired) electrons. The van der Waals surface area contributed by atoms with E-state index in [2.05, 4.69) is 5.32 Å². The predicted molar refractivity (Wildman–Crippen MR) is 74.3 cm³/mol. The molecule has 0 saturated carbocycles. The van der Waals surface area contributed by atoms with Crippen LogP contribution in [-0.2, 0) is 0 Å². The topological polar surface area (TPSA) is 68.5 Å². The zero-order valence-corrected chi connectivity index (χ0v) is 11.8. The summed E-state index contributed by atoms with van der Waals surface area (Å²) in [7, 11) is 0. The maximum Gasteiger partial charge on any atom is 0.412 e. The summed E-state index contributed by atoms with van der Waals surface area (Å²) in [6.07, 6.45) is 1.28. The molecule has 0 aliphatic heterocycles. The molecule has 1 N–H and O–H groups in total. The Morgan fingerprint density at radius 3 is 3.05 bits per heavy atom. The summed E-state index contributed by atoms with van der Waals surface area (Å²) in [5, 5.41) is 2.86. The Morgan fingerprint density at radius 1 is 1.53 bits per heavy atom. The number of rotatable bonds is 4. The van der Waals surface area contributed by atoms with Gasteiger partial charge in [-0.05, 0) is 12.5 Å². The van der Waals surface area contributed by atoms with Crippen LogP contribution in [0.15, 0.2) is 21.3 Å². The van der Waals surface area contributed by atoms with Gasteiger partial charge in [-0.25, -0.2) is 9.59 Å². The fourth-order valence-electron chi connectivity index (χ4n) is 1.46. The molecule has 0 aliphatic carbocycles. The Balaban J connectivity index is 2.13. The van der Waals surface area contributed by atoms with Gasteiger partial charge in [0.1, 0.15) is 0 Å². The number of ether oxygens (including phenoxy) is 1. The monoisotopic (exact) mass is 301 g/mol. The molecule has 1 heterocycles. The molecule has 0 saturated heterocycles. The Kier molecular flexibility index (Phi) is 4.44. The van der Waals surface area contributed by atoms with Crippen LogP contribution in [0.5, 0.6) is 5.75 Å². The molecule has 1 aromatic carbocycles. The highest BCUT2D eigenvalue weighted by Crippen LogP contribution is 2.31. The number of halogens is 1. The van der Waals surface area contributed by atoms with Crippen molar-refractivity contribution in [2.75, 3.05) is 6.54 Å². The lowest BCUT2D eigenvalue weighted by Gasteiger charge is -2.07. The van der Waals surface area contributed by atoms with Crippen molar-refractivity contribution < 1.29 is 13.9 Å². The van der Waals surface area contributed by atoms with E-state index in [0.717, 1.165) is 24.2 Å². The lowest BCUT2D eigenvalue weighted by atomic mass is 10.3. The Labute approximate surface area is 118 Å². The maximum absolute atomic E-state index is 11.5. The lowest BCUT2D eigenvalue weighted by Crippen LogP contribution is -2.27. The summed E-state index contributed by atoms with van der Waals surface area (Å²) in [6.45, 7) is 2.57. The first kappa shape index (κ1) is 13.9. The summed E-state index contributed by atoms with van der Waals surface area (Å²) >= 11 is 6.92. The molecule has 2 rings (SSSR count). The van der Waals surface area contributed by atoms with E-state index in [4.69, 9.17) is 20.8 Å². The molecule has 0 aliphatic rings. The normalized spacial score (nSPS) is 10.6. The van der Waals surface area contributed by atoms with Gasteiger partial charge >= 0.3 is 11.0 Å². The van der Waals surface area contributed by atoms with Crippen LogP contribution >= 0.6 is 22.9 Å². The highest BCUT2D eigenvalue weighted by molar-refractivity contribution is 7.16. The summed E-state index contributed by atoms with van der Waals surface area (Å²) in [5.41, 5.74) is 0.357. The second-order valence-corrected chi connectivity index (χ2v) is 5.24. The minimum Gasteiger partial charge on any atom is -0.414 e. The van der Waals surface area contributed by atoms with Crippen molar-refractivity contribution in [3.63, 3.8) is 0 Å². The van der Waals surface area contributed by atoms with Gasteiger partial charge in [0, 0.05) is 12.6 Å². The van der Waals surface area contributed by atoms with Crippen molar-refractivity contribution in [3.8, 4) is 5.75 Å². The fourth-order valence-corrected chi connectivity index (χ4v) is 2.41. The molecule has 1 aromatic heterocycles. The van der Waals surface area contributed by atoms with E-state index in [1.54, 1.807) is 6.07 Å². The minimum atomic E-state index is -0.577. The number of unbranched alkanes of at least 4 members (excludes halogenated alkanes) is 1. The highest BCUT2D eigenvalue weighted by Gasteiger charge is 2.12. The van der Waals surface area contributed by atoms with Crippen LogP contribution in [0, 0.1) is 0 Å². The first-order valence-corrected chi connectivity index (χ1v) is 6.98. The van der Waals surface area contributed by atoms with Gasteiger partial charge in [0.05, 0.1) is 9.72 Å². The van der Waals surface area contributed by atoms with Gasteiger partial charge in [0.15, 0.2) is 11.3 Å². The Bertz CT molecular complexity index is 649. The summed E-state index contributed by atoms with van der Waals surface area (Å²) in [4.78, 5) is 22.2. The number of amides is 1. The number of carbonyl (C=O) groups is 1. The van der Waals surface area contributed by atoms with E-state index >= 15 is 0 Å². The van der Waals surface area contributed by atoms with Gasteiger partial charge in [0.2, 0.25) is 0 Å². The van der Waals surface area contributed by atoms with E-state index in [-0.39, 0.29) is 10.8 Å². The van der Waals surface area contributed by atoms with Crippen LogP contribution in [0.25, 0.3) is 10.3 Å². The average molecular weight is 302 g/mol. The third kappa shape index (κ3) is 3.48. The molecule has 0 spiro atoms. The summed E-state index contributed by atoms with van der Waals surface area (Å²) in [6, 6.07) is 2.98. The summed E-state index contributed by atoms with van der Waals surface area (Å²) in [5.74, 6) is 0.171. The summed E-state index contributed by atoms with van der Waals surface area (Å²) < 4.78 is 10.6. The van der Waals surface area contributed by atoms with Crippen molar-refractivity contribution in [2.24, 2.45) is 0 Å². The molecule has 2 aromatic rings. The molecule has 0 fully saturated rings. The highest BCUT2D eigenvalue weighted by atomic mass is 35.5. The second-order valence-electron chi connectivity index (χ2n) is 3.85. The third-order valence-corrected chi connectivity index (χ3v) is 3.47. The molecule has 0 atom stereocenters. The van der Waals surface area contributed by atoms with Crippen LogP contribution in [0.1, 0.15) is 19.8 Å². The van der Waals surface area contributed by atoms with E-state index in [1.807, 2.05) is 6.92 Å². The van der Waals surface area contributed by atoms with Crippen molar-refractivity contribution >= 4 is 39.3 Å². The smallest absolute Gasteiger partial charge is 0.412 e. The van der Waals surface area contributed by atoms with Crippen LogP contribution in [0.2, 0.25) is 5.02 Å². The van der Waals surface area contributed by atoms with E-state index in [9.17, 15) is 9.59 Å². The van der Waals surface area contributed by atoms with Crippen molar-refractivity contribution in [2.45, 2.75) is 19.8 Å². The number of fused-ring (bicyclic) bond motifs is 1. The predicted octanol–water partition coefficient (Wildman–Crippen LogP) is 3.40.